The van der Waals surface area contributed by atoms with Crippen LogP contribution in [0.15, 0.2) is 0 Å². The molecular formula is C10H24O2. The maximum absolute atomic E-state index is 6.00. The fourth-order valence-electron chi connectivity index (χ4n) is 1.21. The topological polar surface area (TPSA) is 40.5 Å². The van der Waals surface area contributed by atoms with Gasteiger partial charge < -0.3 is 0 Å². The summed E-state index contributed by atoms with van der Waals surface area (Å²) in [6.45, 7) is 4.54. The molecule has 12 heavy (non-hydrogen) atoms. The molecule has 2 nitrogen and oxygen atoms in total. The summed E-state index contributed by atoms with van der Waals surface area (Å²) in [6.07, 6.45) is 11.5. The average molecular weight is 176 g/mol. The molecule has 0 heterocycles. The molecule has 0 aromatic carbocycles. The first-order valence-electron chi connectivity index (χ1n) is 5.11. The number of unbranched alkanes of at least 4 members (excludes halogenated alkanes) is 7. The molecule has 0 rings (SSSR count). The monoisotopic (exact) mass is 176 g/mol. The highest BCUT2D eigenvalue weighted by atomic mass is 17.0. The van der Waals surface area contributed by atoms with Crippen molar-refractivity contribution in [2.24, 2.45) is 0 Å². The van der Waals surface area contributed by atoms with Crippen molar-refractivity contribution in [2.45, 2.75) is 65.2 Å². The van der Waals surface area contributed by atoms with Crippen molar-refractivity contribution in [1.29, 1.82) is 0 Å². The maximum atomic E-state index is 6.00. The Hall–Kier alpha value is -0.0800. The summed E-state index contributed by atoms with van der Waals surface area (Å²) in [4.78, 5) is 0. The van der Waals surface area contributed by atoms with Gasteiger partial charge in [-0.1, -0.05) is 65.2 Å². The minimum Gasteiger partial charge on any atom is -0.255 e. The summed E-state index contributed by atoms with van der Waals surface area (Å²) in [5.74, 6) is 0. The zero-order valence-electron chi connectivity index (χ0n) is 8.55. The fourth-order valence-corrected chi connectivity index (χ4v) is 1.21. The Morgan fingerprint density at radius 3 is 1.08 bits per heavy atom. The van der Waals surface area contributed by atoms with E-state index in [1.54, 1.807) is 0 Å². The quantitative estimate of drug-likeness (QED) is 0.347. The number of rotatable bonds is 7. The second kappa shape index (κ2) is 17.1. The Labute approximate surface area is 76.5 Å². The van der Waals surface area contributed by atoms with Crippen LogP contribution in [-0.4, -0.2) is 10.5 Å². The highest BCUT2D eigenvalue weighted by Gasteiger charge is 1.87. The minimum atomic E-state index is 1.37. The molecule has 2 heteroatoms. The van der Waals surface area contributed by atoms with Gasteiger partial charge in [-0.15, -0.1) is 0 Å². The SMILES string of the molecule is CCCCCCCCCC.OO. The lowest BCUT2D eigenvalue weighted by Gasteiger charge is -1.97. The van der Waals surface area contributed by atoms with Gasteiger partial charge in [0.25, 0.3) is 0 Å². The molecule has 2 N–H and O–H groups in total. The van der Waals surface area contributed by atoms with Crippen molar-refractivity contribution < 1.29 is 10.5 Å². The number of hydrogen-bond donors (Lipinski definition) is 2. The third-order valence-electron chi connectivity index (χ3n) is 1.96. The molecule has 76 valence electrons. The standard InChI is InChI=1S/C10H22.H2O2/c1-3-5-7-9-10-8-6-4-2;1-2/h3-10H2,1-2H3;1-2H. The van der Waals surface area contributed by atoms with Gasteiger partial charge >= 0.3 is 0 Å². The Morgan fingerprint density at radius 1 is 0.583 bits per heavy atom. The highest BCUT2D eigenvalue weighted by molar-refractivity contribution is 4.43. The van der Waals surface area contributed by atoms with E-state index in [4.69, 9.17) is 10.5 Å². The van der Waals surface area contributed by atoms with E-state index in [1.807, 2.05) is 0 Å². The molecule has 0 aliphatic heterocycles. The molecule has 0 atom stereocenters. The summed E-state index contributed by atoms with van der Waals surface area (Å²) < 4.78 is 0. The van der Waals surface area contributed by atoms with Gasteiger partial charge in [-0.25, -0.2) is 0 Å². The van der Waals surface area contributed by atoms with Gasteiger partial charge in [0.05, 0.1) is 0 Å². The second-order valence-electron chi connectivity index (χ2n) is 3.12. The van der Waals surface area contributed by atoms with Gasteiger partial charge in [-0.05, 0) is 0 Å². The molecule has 0 aromatic heterocycles. The van der Waals surface area contributed by atoms with E-state index in [2.05, 4.69) is 13.8 Å². The van der Waals surface area contributed by atoms with Gasteiger partial charge in [0, 0.05) is 0 Å². The largest absolute Gasteiger partial charge is 0.255 e. The molecular weight excluding hydrogens is 152 g/mol. The van der Waals surface area contributed by atoms with Crippen LogP contribution in [0.2, 0.25) is 0 Å². The van der Waals surface area contributed by atoms with E-state index >= 15 is 0 Å². The first-order chi connectivity index (χ1) is 5.91. The van der Waals surface area contributed by atoms with Crippen LogP contribution >= 0.6 is 0 Å². The van der Waals surface area contributed by atoms with E-state index in [1.165, 1.54) is 51.4 Å². The third kappa shape index (κ3) is 16.5. The summed E-state index contributed by atoms with van der Waals surface area (Å²) in [5.41, 5.74) is 0. The predicted molar refractivity (Wildman–Crippen MR) is 53.5 cm³/mol. The average Bonchev–Trinajstić information content (AvgIpc) is 2.15. The van der Waals surface area contributed by atoms with Crippen molar-refractivity contribution in [1.82, 2.24) is 0 Å². The van der Waals surface area contributed by atoms with Crippen LogP contribution in [0.3, 0.4) is 0 Å². The van der Waals surface area contributed by atoms with Crippen LogP contribution < -0.4 is 0 Å². The molecule has 0 aliphatic rings. The van der Waals surface area contributed by atoms with Crippen LogP contribution in [0.4, 0.5) is 0 Å². The summed E-state index contributed by atoms with van der Waals surface area (Å²) in [5, 5.41) is 12.0. The lowest BCUT2D eigenvalue weighted by Crippen LogP contribution is -1.77. The molecule has 0 bridgehead atoms. The molecule has 0 fully saturated rings. The molecule has 0 unspecified atom stereocenters. The van der Waals surface area contributed by atoms with Crippen molar-refractivity contribution in [3.8, 4) is 0 Å². The zero-order chi connectivity index (χ0) is 9.66. The Balaban J connectivity index is 0. The zero-order valence-corrected chi connectivity index (χ0v) is 8.55. The molecule has 0 spiro atoms. The van der Waals surface area contributed by atoms with Crippen LogP contribution in [0.1, 0.15) is 65.2 Å². The minimum absolute atomic E-state index is 1.37. The van der Waals surface area contributed by atoms with E-state index in [0.717, 1.165) is 0 Å². The van der Waals surface area contributed by atoms with Crippen molar-refractivity contribution in [3.63, 3.8) is 0 Å². The van der Waals surface area contributed by atoms with Crippen molar-refractivity contribution in [3.05, 3.63) is 0 Å². The fraction of sp³-hybridized carbons (Fsp3) is 1.00. The van der Waals surface area contributed by atoms with E-state index < -0.39 is 0 Å². The highest BCUT2D eigenvalue weighted by Crippen LogP contribution is 2.07. The second-order valence-corrected chi connectivity index (χ2v) is 3.12. The van der Waals surface area contributed by atoms with Gasteiger partial charge in [-0.2, -0.15) is 0 Å². The van der Waals surface area contributed by atoms with Gasteiger partial charge in [0.15, 0.2) is 0 Å². The van der Waals surface area contributed by atoms with Crippen LogP contribution in [0.25, 0.3) is 0 Å². The first-order valence-corrected chi connectivity index (χ1v) is 5.11. The Bertz CT molecular complexity index is 47.8. The van der Waals surface area contributed by atoms with Crippen LogP contribution in [0, 0.1) is 0 Å². The van der Waals surface area contributed by atoms with E-state index in [9.17, 15) is 0 Å². The van der Waals surface area contributed by atoms with Crippen LogP contribution in [-0.2, 0) is 0 Å². The number of hydrogen-bond acceptors (Lipinski definition) is 2. The van der Waals surface area contributed by atoms with Crippen molar-refractivity contribution in [2.75, 3.05) is 0 Å². The molecule has 0 saturated heterocycles. The summed E-state index contributed by atoms with van der Waals surface area (Å²) >= 11 is 0. The maximum Gasteiger partial charge on any atom is -0.0533 e. The Kier molecular flexibility index (Phi) is 20.6. The molecule has 0 amide bonds. The molecule has 0 aliphatic carbocycles. The lowest BCUT2D eigenvalue weighted by atomic mass is 10.1. The smallest absolute Gasteiger partial charge is 0.0533 e. The summed E-state index contributed by atoms with van der Waals surface area (Å²) in [7, 11) is 0. The third-order valence-corrected chi connectivity index (χ3v) is 1.96. The molecule has 0 aromatic rings. The first kappa shape index (κ1) is 14.4. The molecule has 0 radical (unpaired) electrons. The van der Waals surface area contributed by atoms with Gasteiger partial charge in [0.2, 0.25) is 0 Å². The normalized spacial score (nSPS) is 9.00. The Morgan fingerprint density at radius 2 is 0.833 bits per heavy atom. The summed E-state index contributed by atoms with van der Waals surface area (Å²) in [6, 6.07) is 0. The van der Waals surface area contributed by atoms with Gasteiger partial charge in [-0.3, -0.25) is 10.5 Å². The van der Waals surface area contributed by atoms with E-state index in [0.29, 0.717) is 0 Å². The predicted octanol–water partition coefficient (Wildman–Crippen LogP) is 4.16. The van der Waals surface area contributed by atoms with Crippen LogP contribution in [0.5, 0.6) is 0 Å². The van der Waals surface area contributed by atoms with Gasteiger partial charge in [0.1, 0.15) is 0 Å². The van der Waals surface area contributed by atoms with Crippen molar-refractivity contribution >= 4 is 0 Å². The van der Waals surface area contributed by atoms with E-state index in [-0.39, 0.29) is 0 Å². The lowest BCUT2D eigenvalue weighted by molar-refractivity contribution is -0.176. The molecule has 0 saturated carbocycles.